The van der Waals surface area contributed by atoms with Crippen molar-refractivity contribution >= 4 is 82.5 Å². The first-order valence-corrected chi connectivity index (χ1v) is 20.1. The molecule has 0 fully saturated rings. The normalized spacial score (nSPS) is 15.7. The second-order valence-electron chi connectivity index (χ2n) is 15.3. The van der Waals surface area contributed by atoms with Gasteiger partial charge in [0.05, 0.1) is 22.1 Å². The molecule has 12 rings (SSSR count). The van der Waals surface area contributed by atoms with Crippen molar-refractivity contribution in [2.45, 2.75) is 19.0 Å². The van der Waals surface area contributed by atoms with E-state index in [9.17, 15) is 0 Å². The molecule has 1 atom stereocenters. The van der Waals surface area contributed by atoms with Gasteiger partial charge in [-0.2, -0.15) is 0 Å². The van der Waals surface area contributed by atoms with Crippen molar-refractivity contribution in [3.05, 3.63) is 205 Å². The highest BCUT2D eigenvalue weighted by Crippen LogP contribution is 2.44. The van der Waals surface area contributed by atoms with Crippen molar-refractivity contribution in [1.82, 2.24) is 14.5 Å². The molecule has 8 aromatic carbocycles. The Morgan fingerprint density at radius 3 is 1.83 bits per heavy atom. The summed E-state index contributed by atoms with van der Waals surface area (Å²) in [6.07, 6.45) is 8.54. The minimum Gasteiger partial charge on any atom is -0.344 e. The van der Waals surface area contributed by atoms with Crippen molar-refractivity contribution in [3.8, 4) is 5.69 Å². The first kappa shape index (κ1) is 32.7. The second kappa shape index (κ2) is 13.0. The molecule has 274 valence electrons. The number of nitrogens with zero attached hydrogens (tertiary/aromatic N) is 4. The van der Waals surface area contributed by atoms with E-state index in [1.807, 2.05) is 12.1 Å². The standard InChI is InChI=1S/C53H37N5/c1-4-17-36(18-5-1)51-54-52(37-19-6-2-7-20-37)56-53(55-51)38-21-14-24-40(31-38)58-48-33-45-43-29-27-34-15-10-12-25-41(34)49(43)57(39-22-8-3-9-23-39)47(45)32-46(48)44-30-28-35-16-11-13-26-42(35)50(44)58/h1-8,10-22,24-33,51H,9,23H2,(H,54,55,56). The maximum absolute atomic E-state index is 5.24. The first-order chi connectivity index (χ1) is 28.8. The van der Waals surface area contributed by atoms with Gasteiger partial charge < -0.3 is 14.5 Å². The van der Waals surface area contributed by atoms with Gasteiger partial charge in [0, 0.05) is 54.8 Å². The van der Waals surface area contributed by atoms with E-state index in [1.165, 1.54) is 70.9 Å². The van der Waals surface area contributed by atoms with Crippen LogP contribution in [-0.4, -0.2) is 20.8 Å². The third-order valence-corrected chi connectivity index (χ3v) is 12.0. The maximum atomic E-state index is 5.24. The van der Waals surface area contributed by atoms with Gasteiger partial charge >= 0.3 is 0 Å². The molecular weight excluding hydrogens is 707 g/mol. The van der Waals surface area contributed by atoms with E-state index in [0.717, 1.165) is 41.1 Å². The number of hydrogen-bond donors (Lipinski definition) is 1. The molecule has 2 aromatic heterocycles. The van der Waals surface area contributed by atoms with E-state index >= 15 is 0 Å². The lowest BCUT2D eigenvalue weighted by atomic mass is 10.0. The molecule has 0 bridgehead atoms. The molecule has 3 heterocycles. The Hall–Kier alpha value is -7.50. The van der Waals surface area contributed by atoms with Gasteiger partial charge in [-0.3, -0.25) is 0 Å². The van der Waals surface area contributed by atoms with E-state index in [-0.39, 0.29) is 6.17 Å². The Kier molecular flexibility index (Phi) is 7.35. The van der Waals surface area contributed by atoms with Gasteiger partial charge in [-0.25, -0.2) is 9.98 Å². The highest BCUT2D eigenvalue weighted by molar-refractivity contribution is 6.26. The van der Waals surface area contributed by atoms with Gasteiger partial charge in [-0.1, -0.05) is 158 Å². The van der Waals surface area contributed by atoms with Crippen LogP contribution in [0.1, 0.15) is 35.7 Å². The fraction of sp³-hybridized carbons (Fsp3) is 0.0566. The zero-order chi connectivity index (χ0) is 38.2. The van der Waals surface area contributed by atoms with Gasteiger partial charge in [-0.15, -0.1) is 0 Å². The Labute approximate surface area is 335 Å². The van der Waals surface area contributed by atoms with Gasteiger partial charge in [-0.05, 0) is 59.5 Å². The maximum Gasteiger partial charge on any atom is 0.159 e. The van der Waals surface area contributed by atoms with Crippen LogP contribution >= 0.6 is 0 Å². The number of nitrogens with one attached hydrogen (secondary N) is 1. The summed E-state index contributed by atoms with van der Waals surface area (Å²) in [6, 6.07) is 61.1. The van der Waals surface area contributed by atoms with Gasteiger partial charge in [0.25, 0.3) is 0 Å². The van der Waals surface area contributed by atoms with E-state index < -0.39 is 0 Å². The molecule has 0 spiro atoms. The van der Waals surface area contributed by atoms with Crippen molar-refractivity contribution in [2.24, 2.45) is 9.98 Å². The second-order valence-corrected chi connectivity index (χ2v) is 15.3. The topological polar surface area (TPSA) is 46.6 Å². The summed E-state index contributed by atoms with van der Waals surface area (Å²) in [5, 5.41) is 13.5. The smallest absolute Gasteiger partial charge is 0.159 e. The van der Waals surface area contributed by atoms with Crippen LogP contribution in [0.4, 0.5) is 0 Å². The number of benzene rings is 8. The molecule has 1 aliphatic carbocycles. The molecule has 58 heavy (non-hydrogen) atoms. The van der Waals surface area contributed by atoms with Crippen LogP contribution < -0.4 is 5.32 Å². The Balaban J connectivity index is 1.14. The minimum absolute atomic E-state index is 0.277. The molecule has 1 aliphatic heterocycles. The summed E-state index contributed by atoms with van der Waals surface area (Å²) in [4.78, 5) is 10.4. The summed E-state index contributed by atoms with van der Waals surface area (Å²) in [5.41, 5.74) is 10.3. The molecule has 5 nitrogen and oxygen atoms in total. The summed E-state index contributed by atoms with van der Waals surface area (Å²) in [6.45, 7) is 0. The fourth-order valence-corrected chi connectivity index (χ4v) is 9.30. The summed E-state index contributed by atoms with van der Waals surface area (Å²) < 4.78 is 5.02. The third kappa shape index (κ3) is 5.10. The Bertz CT molecular complexity index is 3420. The summed E-state index contributed by atoms with van der Waals surface area (Å²) >= 11 is 0. The lowest BCUT2D eigenvalue weighted by Crippen LogP contribution is -2.33. The van der Waals surface area contributed by atoms with Crippen LogP contribution in [0.15, 0.2) is 198 Å². The highest BCUT2D eigenvalue weighted by Gasteiger charge is 2.24. The molecule has 0 saturated carbocycles. The minimum atomic E-state index is -0.277. The van der Waals surface area contributed by atoms with Crippen molar-refractivity contribution in [1.29, 1.82) is 0 Å². The number of fused-ring (bicyclic) bond motifs is 10. The Morgan fingerprint density at radius 2 is 1.14 bits per heavy atom. The van der Waals surface area contributed by atoms with Crippen LogP contribution in [-0.2, 0) is 0 Å². The quantitative estimate of drug-likeness (QED) is 0.187. The lowest BCUT2D eigenvalue weighted by Gasteiger charge is -2.24. The first-order valence-electron chi connectivity index (χ1n) is 20.1. The van der Waals surface area contributed by atoms with E-state index in [0.29, 0.717) is 5.84 Å². The number of aromatic nitrogens is 2. The predicted octanol–water partition coefficient (Wildman–Crippen LogP) is 12.9. The van der Waals surface area contributed by atoms with E-state index in [2.05, 4.69) is 190 Å². The molecule has 10 aromatic rings. The number of hydrogen-bond acceptors (Lipinski definition) is 3. The molecule has 0 radical (unpaired) electrons. The largest absolute Gasteiger partial charge is 0.344 e. The van der Waals surface area contributed by atoms with E-state index in [1.54, 1.807) is 0 Å². The molecule has 5 heteroatoms. The SMILES string of the molecule is C1=CCCC(n2c3cc4c5ccc6ccccc6c5n(-c5cccc(C6=NC(c7ccccc7)NC(c7ccccc7)=N6)c5)c4cc3c3ccc4ccccc4c32)=C1. The zero-order valence-corrected chi connectivity index (χ0v) is 31.7. The van der Waals surface area contributed by atoms with Crippen LogP contribution in [0.5, 0.6) is 0 Å². The fourth-order valence-electron chi connectivity index (χ4n) is 9.30. The molecule has 1 N–H and O–H groups in total. The van der Waals surface area contributed by atoms with Crippen LogP contribution in [0, 0.1) is 0 Å². The summed E-state index contributed by atoms with van der Waals surface area (Å²) in [5.74, 6) is 1.51. The zero-order valence-electron chi connectivity index (χ0n) is 31.7. The predicted molar refractivity (Wildman–Crippen MR) is 243 cm³/mol. The number of rotatable bonds is 5. The molecule has 2 aliphatic rings. The molecule has 1 unspecified atom stereocenters. The summed E-state index contributed by atoms with van der Waals surface area (Å²) in [7, 11) is 0. The van der Waals surface area contributed by atoms with Crippen LogP contribution in [0.3, 0.4) is 0 Å². The monoisotopic (exact) mass is 743 g/mol. The lowest BCUT2D eigenvalue weighted by molar-refractivity contribution is 0.674. The van der Waals surface area contributed by atoms with E-state index in [4.69, 9.17) is 9.98 Å². The number of aliphatic imine (C=N–C) groups is 2. The van der Waals surface area contributed by atoms with Crippen LogP contribution in [0.25, 0.3) is 76.5 Å². The van der Waals surface area contributed by atoms with Crippen molar-refractivity contribution in [3.63, 3.8) is 0 Å². The van der Waals surface area contributed by atoms with Gasteiger partial charge in [0.15, 0.2) is 5.84 Å². The average Bonchev–Trinajstić information content (AvgIpc) is 3.81. The average molecular weight is 744 g/mol. The van der Waals surface area contributed by atoms with Crippen molar-refractivity contribution in [2.75, 3.05) is 0 Å². The van der Waals surface area contributed by atoms with Gasteiger partial charge in [0.2, 0.25) is 0 Å². The van der Waals surface area contributed by atoms with Gasteiger partial charge in [0.1, 0.15) is 12.0 Å². The number of allylic oxidation sites excluding steroid dienone is 4. The molecule has 0 saturated heterocycles. The third-order valence-electron chi connectivity index (χ3n) is 12.0. The van der Waals surface area contributed by atoms with Crippen molar-refractivity contribution < 1.29 is 0 Å². The highest BCUT2D eigenvalue weighted by atomic mass is 15.2. The Morgan fingerprint density at radius 1 is 0.517 bits per heavy atom. The number of amidine groups is 2. The van der Waals surface area contributed by atoms with Crippen LogP contribution in [0.2, 0.25) is 0 Å². The molecule has 0 amide bonds. The molecular formula is C53H37N5.